The van der Waals surface area contributed by atoms with Crippen LogP contribution in [-0.4, -0.2) is 23.7 Å². The first-order valence-electron chi connectivity index (χ1n) is 3.83. The number of aliphatic imine (C=N–C) groups is 2. The standard InChI is InChI=1S/C8H7N3O2/c9-6-2-4-1-5(12)3-10-7(4)8(13)11-6/h3H,1-2H2,(H2,9,11,13). The number of nitrogens with two attached hydrogens (primary N) is 1. The summed E-state index contributed by atoms with van der Waals surface area (Å²) in [6.45, 7) is 0. The van der Waals surface area contributed by atoms with Crippen LogP contribution in [0.4, 0.5) is 0 Å². The number of nitrogens with zero attached hydrogens (tertiary/aromatic N) is 2. The molecule has 0 spiro atoms. The molecule has 0 bridgehead atoms. The molecule has 0 aliphatic carbocycles. The molecule has 2 rings (SSSR count). The molecule has 1 amide bonds. The third kappa shape index (κ3) is 1.28. The first kappa shape index (κ1) is 7.85. The normalized spacial score (nSPS) is 21.7. The van der Waals surface area contributed by atoms with Crippen LogP contribution in [0, 0.1) is 0 Å². The van der Waals surface area contributed by atoms with Crippen LogP contribution in [0.1, 0.15) is 12.8 Å². The van der Waals surface area contributed by atoms with Gasteiger partial charge in [0.05, 0.1) is 6.21 Å². The number of ketones is 1. The predicted octanol–water partition coefficient (Wildman–Crippen LogP) is -0.428. The quantitative estimate of drug-likeness (QED) is 0.544. The second-order valence-electron chi connectivity index (χ2n) is 2.94. The molecule has 5 heteroatoms. The van der Waals surface area contributed by atoms with Crippen molar-refractivity contribution in [2.24, 2.45) is 15.7 Å². The Hall–Kier alpha value is -1.78. The van der Waals surface area contributed by atoms with E-state index < -0.39 is 5.91 Å². The zero-order valence-corrected chi connectivity index (χ0v) is 6.78. The summed E-state index contributed by atoms with van der Waals surface area (Å²) in [5.74, 6) is -0.280. The van der Waals surface area contributed by atoms with E-state index in [4.69, 9.17) is 5.73 Å². The molecule has 0 radical (unpaired) electrons. The number of amides is 1. The molecule has 0 atom stereocenters. The van der Waals surface area contributed by atoms with Crippen LogP contribution >= 0.6 is 0 Å². The van der Waals surface area contributed by atoms with Crippen molar-refractivity contribution in [2.75, 3.05) is 0 Å². The topological polar surface area (TPSA) is 84.9 Å². The van der Waals surface area contributed by atoms with Gasteiger partial charge in [-0.1, -0.05) is 0 Å². The molecule has 0 saturated heterocycles. The first-order valence-corrected chi connectivity index (χ1v) is 3.83. The third-order valence-corrected chi connectivity index (χ3v) is 1.90. The van der Waals surface area contributed by atoms with Crippen molar-refractivity contribution in [3.05, 3.63) is 11.3 Å². The number of amidine groups is 1. The summed E-state index contributed by atoms with van der Waals surface area (Å²) in [5.41, 5.74) is 6.38. The summed E-state index contributed by atoms with van der Waals surface area (Å²) in [7, 11) is 0. The molecule has 2 heterocycles. The minimum atomic E-state index is -0.442. The van der Waals surface area contributed by atoms with Crippen LogP contribution in [0.15, 0.2) is 21.3 Å². The highest BCUT2D eigenvalue weighted by molar-refractivity contribution is 6.30. The molecule has 0 aromatic carbocycles. The van der Waals surface area contributed by atoms with Crippen LogP contribution < -0.4 is 5.73 Å². The van der Waals surface area contributed by atoms with Crippen molar-refractivity contribution in [2.45, 2.75) is 12.8 Å². The Kier molecular flexibility index (Phi) is 1.58. The van der Waals surface area contributed by atoms with Crippen molar-refractivity contribution in [1.29, 1.82) is 0 Å². The van der Waals surface area contributed by atoms with Crippen molar-refractivity contribution < 1.29 is 9.59 Å². The number of Topliss-reactive ketones (excluding diaryl/α,β-unsaturated/α-hetero) is 1. The monoisotopic (exact) mass is 177 g/mol. The lowest BCUT2D eigenvalue weighted by Crippen LogP contribution is -2.25. The van der Waals surface area contributed by atoms with Crippen molar-refractivity contribution >= 4 is 23.7 Å². The molecule has 0 aromatic rings. The lowest BCUT2D eigenvalue weighted by molar-refractivity contribution is -0.114. The Morgan fingerprint density at radius 1 is 1.31 bits per heavy atom. The molecule has 0 fully saturated rings. The van der Waals surface area contributed by atoms with Gasteiger partial charge < -0.3 is 5.73 Å². The van der Waals surface area contributed by atoms with Gasteiger partial charge in [-0.3, -0.25) is 9.59 Å². The third-order valence-electron chi connectivity index (χ3n) is 1.90. The predicted molar refractivity (Wildman–Crippen MR) is 46.4 cm³/mol. The maximum Gasteiger partial charge on any atom is 0.297 e. The molecule has 2 aliphatic heterocycles. The van der Waals surface area contributed by atoms with Crippen LogP contribution in [0.25, 0.3) is 0 Å². The van der Waals surface area contributed by atoms with E-state index in [1.54, 1.807) is 0 Å². The summed E-state index contributed by atoms with van der Waals surface area (Å²) >= 11 is 0. The second kappa shape index (κ2) is 2.62. The zero-order valence-electron chi connectivity index (χ0n) is 6.78. The maximum absolute atomic E-state index is 11.2. The molecule has 0 aromatic heterocycles. The van der Waals surface area contributed by atoms with Gasteiger partial charge in [0.25, 0.3) is 5.91 Å². The number of carbonyl (C=O) groups excluding carboxylic acids is 2. The van der Waals surface area contributed by atoms with E-state index in [-0.39, 0.29) is 23.7 Å². The molecule has 0 unspecified atom stereocenters. The van der Waals surface area contributed by atoms with Crippen molar-refractivity contribution in [1.82, 2.24) is 0 Å². The van der Waals surface area contributed by atoms with Gasteiger partial charge >= 0.3 is 0 Å². The van der Waals surface area contributed by atoms with E-state index >= 15 is 0 Å². The molecule has 0 saturated carbocycles. The zero-order chi connectivity index (χ0) is 9.42. The van der Waals surface area contributed by atoms with E-state index in [0.29, 0.717) is 12.0 Å². The fourth-order valence-corrected chi connectivity index (χ4v) is 1.36. The Labute approximate surface area is 74.0 Å². The molecule has 2 N–H and O–H groups in total. The average Bonchev–Trinajstić information content (AvgIpc) is 2.02. The van der Waals surface area contributed by atoms with E-state index in [9.17, 15) is 9.59 Å². The lowest BCUT2D eigenvalue weighted by Gasteiger charge is -2.15. The second-order valence-corrected chi connectivity index (χ2v) is 2.94. The number of carbonyl (C=O) groups is 2. The van der Waals surface area contributed by atoms with E-state index in [1.807, 2.05) is 0 Å². The minimum Gasteiger partial charge on any atom is -0.387 e. The summed E-state index contributed by atoms with van der Waals surface area (Å²) in [5, 5.41) is 0. The summed E-state index contributed by atoms with van der Waals surface area (Å²) in [6, 6.07) is 0. The van der Waals surface area contributed by atoms with Crippen LogP contribution in [-0.2, 0) is 9.59 Å². The first-order chi connectivity index (χ1) is 6.16. The fraction of sp³-hybridized carbons (Fsp3) is 0.250. The van der Waals surface area contributed by atoms with Crippen LogP contribution in [0.2, 0.25) is 0 Å². The van der Waals surface area contributed by atoms with Crippen LogP contribution in [0.5, 0.6) is 0 Å². The summed E-state index contributed by atoms with van der Waals surface area (Å²) in [4.78, 5) is 29.5. The lowest BCUT2D eigenvalue weighted by atomic mass is 9.99. The highest BCUT2D eigenvalue weighted by atomic mass is 16.1. The summed E-state index contributed by atoms with van der Waals surface area (Å²) in [6.07, 6.45) is 1.78. The fourth-order valence-electron chi connectivity index (χ4n) is 1.36. The van der Waals surface area contributed by atoms with Crippen molar-refractivity contribution in [3.63, 3.8) is 0 Å². The van der Waals surface area contributed by atoms with Gasteiger partial charge in [0.1, 0.15) is 11.5 Å². The molecule has 5 nitrogen and oxygen atoms in total. The largest absolute Gasteiger partial charge is 0.387 e. The SMILES string of the molecule is NC1=NC(=O)C2=C(CC(=O)C=N2)C1. The smallest absolute Gasteiger partial charge is 0.297 e. The molecule has 2 aliphatic rings. The van der Waals surface area contributed by atoms with E-state index in [0.717, 1.165) is 6.21 Å². The summed E-state index contributed by atoms with van der Waals surface area (Å²) < 4.78 is 0. The average molecular weight is 177 g/mol. The molecule has 66 valence electrons. The maximum atomic E-state index is 11.2. The molecular formula is C8H7N3O2. The van der Waals surface area contributed by atoms with E-state index in [2.05, 4.69) is 9.98 Å². The van der Waals surface area contributed by atoms with Gasteiger partial charge in [0.15, 0.2) is 5.78 Å². The Balaban J connectivity index is 2.40. The highest BCUT2D eigenvalue weighted by Gasteiger charge is 2.24. The Bertz CT molecular complexity index is 390. The number of hydrogen-bond donors (Lipinski definition) is 1. The van der Waals surface area contributed by atoms with E-state index in [1.165, 1.54) is 0 Å². The Morgan fingerprint density at radius 3 is 2.85 bits per heavy atom. The highest BCUT2D eigenvalue weighted by Crippen LogP contribution is 2.22. The van der Waals surface area contributed by atoms with Gasteiger partial charge in [-0.2, -0.15) is 4.99 Å². The molecular weight excluding hydrogens is 170 g/mol. The van der Waals surface area contributed by atoms with Gasteiger partial charge in [0, 0.05) is 12.8 Å². The van der Waals surface area contributed by atoms with Crippen LogP contribution in [0.3, 0.4) is 0 Å². The van der Waals surface area contributed by atoms with Gasteiger partial charge in [0.2, 0.25) is 0 Å². The van der Waals surface area contributed by atoms with Gasteiger partial charge in [-0.05, 0) is 5.57 Å². The van der Waals surface area contributed by atoms with Gasteiger partial charge in [-0.15, -0.1) is 0 Å². The van der Waals surface area contributed by atoms with Gasteiger partial charge in [-0.25, -0.2) is 4.99 Å². The number of rotatable bonds is 0. The Morgan fingerprint density at radius 2 is 2.08 bits per heavy atom. The number of hydrogen-bond acceptors (Lipinski definition) is 4. The number of dihydropyridines is 1. The van der Waals surface area contributed by atoms with Crippen molar-refractivity contribution in [3.8, 4) is 0 Å². The minimum absolute atomic E-state index is 0.0961. The molecule has 13 heavy (non-hydrogen) atoms.